The van der Waals surface area contributed by atoms with E-state index in [1.165, 1.54) is 32.1 Å². The molecule has 8 atom stereocenters. The first kappa shape index (κ1) is 16.8. The molecule has 4 aliphatic rings. The largest absolute Gasteiger partial charge is 0.300 e. The molecule has 4 saturated carbocycles. The van der Waals surface area contributed by atoms with E-state index in [1.54, 1.807) is 0 Å². The minimum atomic E-state index is 0.236. The Balaban J connectivity index is 1.65. The van der Waals surface area contributed by atoms with E-state index in [9.17, 15) is 9.59 Å². The van der Waals surface area contributed by atoms with E-state index in [-0.39, 0.29) is 11.3 Å². The van der Waals surface area contributed by atoms with Gasteiger partial charge in [0.1, 0.15) is 11.6 Å². The first-order chi connectivity index (χ1) is 11.3. The molecule has 4 rings (SSSR count). The molecule has 2 heteroatoms. The second-order valence-corrected chi connectivity index (χ2v) is 10.2. The quantitative estimate of drug-likeness (QED) is 0.674. The van der Waals surface area contributed by atoms with E-state index < -0.39 is 0 Å². The molecule has 4 fully saturated rings. The molecule has 0 radical (unpaired) electrons. The first-order valence-electron chi connectivity index (χ1n) is 10.3. The van der Waals surface area contributed by atoms with Gasteiger partial charge in [-0.1, -0.05) is 20.8 Å². The van der Waals surface area contributed by atoms with Gasteiger partial charge in [0.2, 0.25) is 0 Å². The Morgan fingerprint density at radius 3 is 2.50 bits per heavy atom. The van der Waals surface area contributed by atoms with Gasteiger partial charge < -0.3 is 0 Å². The van der Waals surface area contributed by atoms with Crippen LogP contribution in [0.2, 0.25) is 0 Å². The highest BCUT2D eigenvalue weighted by Crippen LogP contribution is 2.68. The summed E-state index contributed by atoms with van der Waals surface area (Å²) in [6.45, 7) is 9.08. The number of rotatable bonds is 1. The molecule has 0 amide bonds. The lowest BCUT2D eigenvalue weighted by Gasteiger charge is -2.60. The van der Waals surface area contributed by atoms with Gasteiger partial charge in [0.15, 0.2) is 0 Å². The van der Waals surface area contributed by atoms with Gasteiger partial charge in [0, 0.05) is 18.8 Å². The van der Waals surface area contributed by atoms with Crippen LogP contribution < -0.4 is 0 Å². The fourth-order valence-electron chi connectivity index (χ4n) is 8.27. The molecule has 0 aromatic carbocycles. The SMILES string of the molecule is CC(=O)[C@H]1[C@H](C)C[C@H]2[C@@H]3CC[C@H]4CC(=O)CCC4(C)[C@H]3CC[C@@]21C. The highest BCUT2D eigenvalue weighted by Gasteiger charge is 2.62. The Labute approximate surface area is 147 Å². The minimum absolute atomic E-state index is 0.236. The summed E-state index contributed by atoms with van der Waals surface area (Å²) in [5.41, 5.74) is 0.621. The third kappa shape index (κ3) is 2.13. The van der Waals surface area contributed by atoms with Crippen molar-refractivity contribution in [3.05, 3.63) is 0 Å². The van der Waals surface area contributed by atoms with Crippen molar-refractivity contribution in [3.63, 3.8) is 0 Å². The molecule has 4 aliphatic carbocycles. The van der Waals surface area contributed by atoms with Gasteiger partial charge in [-0.3, -0.25) is 9.59 Å². The van der Waals surface area contributed by atoms with Gasteiger partial charge in [-0.2, -0.15) is 0 Å². The lowest BCUT2D eigenvalue weighted by Crippen LogP contribution is -2.53. The maximum atomic E-state index is 12.4. The van der Waals surface area contributed by atoms with Crippen molar-refractivity contribution in [2.45, 2.75) is 79.1 Å². The lowest BCUT2D eigenvalue weighted by atomic mass is 9.44. The van der Waals surface area contributed by atoms with E-state index >= 15 is 0 Å². The zero-order valence-electron chi connectivity index (χ0n) is 15.9. The lowest BCUT2D eigenvalue weighted by molar-refractivity contribution is -0.143. The third-order valence-corrected chi connectivity index (χ3v) is 9.26. The summed E-state index contributed by atoms with van der Waals surface area (Å²) in [6, 6.07) is 0. The van der Waals surface area contributed by atoms with E-state index in [0.29, 0.717) is 28.8 Å². The summed E-state index contributed by atoms with van der Waals surface area (Å²) in [5.74, 6) is 4.71. The van der Waals surface area contributed by atoms with Crippen molar-refractivity contribution >= 4 is 11.6 Å². The number of Topliss-reactive ketones (excluding diaryl/α,β-unsaturated/α-hetero) is 2. The zero-order valence-corrected chi connectivity index (χ0v) is 15.9. The first-order valence-corrected chi connectivity index (χ1v) is 10.3. The predicted molar refractivity (Wildman–Crippen MR) is 95.5 cm³/mol. The maximum absolute atomic E-state index is 12.4. The number of fused-ring (bicyclic) bond motifs is 5. The van der Waals surface area contributed by atoms with Crippen molar-refractivity contribution in [1.82, 2.24) is 0 Å². The maximum Gasteiger partial charge on any atom is 0.133 e. The summed E-state index contributed by atoms with van der Waals surface area (Å²) in [5, 5.41) is 0. The normalized spacial score (nSPS) is 53.9. The molecule has 0 aliphatic heterocycles. The fourth-order valence-corrected chi connectivity index (χ4v) is 8.27. The Bertz CT molecular complexity index is 566. The van der Waals surface area contributed by atoms with Crippen molar-refractivity contribution in [1.29, 1.82) is 0 Å². The second-order valence-electron chi connectivity index (χ2n) is 10.2. The summed E-state index contributed by atoms with van der Waals surface area (Å²) < 4.78 is 0. The number of ketones is 2. The van der Waals surface area contributed by atoms with E-state index in [1.807, 2.05) is 6.92 Å². The zero-order chi connectivity index (χ0) is 17.3. The molecule has 2 nitrogen and oxygen atoms in total. The van der Waals surface area contributed by atoms with Gasteiger partial charge in [-0.15, -0.1) is 0 Å². The van der Waals surface area contributed by atoms with E-state index in [0.717, 1.165) is 37.0 Å². The van der Waals surface area contributed by atoms with Crippen LogP contribution in [-0.2, 0) is 9.59 Å². The molecule has 0 bridgehead atoms. The van der Waals surface area contributed by atoms with Crippen LogP contribution in [0.25, 0.3) is 0 Å². The molecule has 1 unspecified atom stereocenters. The van der Waals surface area contributed by atoms with Crippen molar-refractivity contribution in [3.8, 4) is 0 Å². The number of carbonyl (C=O) groups excluding carboxylic acids is 2. The molecular formula is C22H34O2. The van der Waals surface area contributed by atoms with Crippen molar-refractivity contribution < 1.29 is 9.59 Å². The topological polar surface area (TPSA) is 34.1 Å². The summed E-state index contributed by atoms with van der Waals surface area (Å²) in [7, 11) is 0. The standard InChI is InChI=1S/C22H34O2/c1-13-11-19-17-6-5-15-12-16(24)7-9-21(15,3)18(17)8-10-22(19,4)20(13)14(2)23/h13,15,17-20H,5-12H2,1-4H3/t13-,15+,17-,18+,19+,20-,21?,22+/m1/s1. The molecule has 0 saturated heterocycles. The van der Waals surface area contributed by atoms with Crippen LogP contribution >= 0.6 is 0 Å². The third-order valence-electron chi connectivity index (χ3n) is 9.26. The number of hydrogen-bond acceptors (Lipinski definition) is 2. The fraction of sp³-hybridized carbons (Fsp3) is 0.909. The second kappa shape index (κ2) is 5.42. The Hall–Kier alpha value is -0.660. The molecule has 0 aromatic rings. The van der Waals surface area contributed by atoms with Crippen LogP contribution in [0.3, 0.4) is 0 Å². The summed E-state index contributed by atoms with van der Waals surface area (Å²) in [4.78, 5) is 24.3. The molecule has 24 heavy (non-hydrogen) atoms. The van der Waals surface area contributed by atoms with Crippen molar-refractivity contribution in [2.75, 3.05) is 0 Å². The van der Waals surface area contributed by atoms with Gasteiger partial charge in [0.05, 0.1) is 0 Å². The Morgan fingerprint density at radius 2 is 1.79 bits per heavy atom. The van der Waals surface area contributed by atoms with Gasteiger partial charge in [-0.05, 0) is 85.9 Å². The van der Waals surface area contributed by atoms with Crippen LogP contribution in [0.1, 0.15) is 79.1 Å². The smallest absolute Gasteiger partial charge is 0.133 e. The van der Waals surface area contributed by atoms with Crippen LogP contribution in [0.15, 0.2) is 0 Å². The van der Waals surface area contributed by atoms with Crippen LogP contribution in [0.5, 0.6) is 0 Å². The highest BCUT2D eigenvalue weighted by molar-refractivity contribution is 5.80. The molecule has 134 valence electrons. The molecule has 0 aromatic heterocycles. The van der Waals surface area contributed by atoms with Gasteiger partial charge >= 0.3 is 0 Å². The van der Waals surface area contributed by atoms with Crippen molar-refractivity contribution in [2.24, 2.45) is 46.3 Å². The number of carbonyl (C=O) groups is 2. The van der Waals surface area contributed by atoms with Crippen LogP contribution in [0.4, 0.5) is 0 Å². The van der Waals surface area contributed by atoms with E-state index in [2.05, 4.69) is 20.8 Å². The predicted octanol–water partition coefficient (Wildman–Crippen LogP) is 5.05. The number of hydrogen-bond donors (Lipinski definition) is 0. The Morgan fingerprint density at radius 1 is 1.04 bits per heavy atom. The van der Waals surface area contributed by atoms with Gasteiger partial charge in [0.25, 0.3) is 0 Å². The highest BCUT2D eigenvalue weighted by atomic mass is 16.1. The Kier molecular flexibility index (Phi) is 3.79. The van der Waals surface area contributed by atoms with Crippen LogP contribution in [0, 0.1) is 46.3 Å². The summed E-state index contributed by atoms with van der Waals surface area (Å²) >= 11 is 0. The molecule has 0 spiro atoms. The summed E-state index contributed by atoms with van der Waals surface area (Å²) in [6.07, 6.45) is 9.08. The molecule has 0 heterocycles. The minimum Gasteiger partial charge on any atom is -0.300 e. The van der Waals surface area contributed by atoms with Gasteiger partial charge in [-0.25, -0.2) is 0 Å². The molecule has 0 N–H and O–H groups in total. The van der Waals surface area contributed by atoms with E-state index in [4.69, 9.17) is 0 Å². The monoisotopic (exact) mass is 330 g/mol. The average molecular weight is 331 g/mol. The molecular weight excluding hydrogens is 296 g/mol. The van der Waals surface area contributed by atoms with Crippen LogP contribution in [-0.4, -0.2) is 11.6 Å². The average Bonchev–Trinajstić information content (AvgIpc) is 2.78.